The number of esters is 1. The highest BCUT2D eigenvalue weighted by Gasteiger charge is 2.17. The summed E-state index contributed by atoms with van der Waals surface area (Å²) in [7, 11) is 1.32. The number of nitrogens with two attached hydrogens (primary N) is 1. The molecule has 3 aromatic rings. The van der Waals surface area contributed by atoms with Crippen molar-refractivity contribution in [3.63, 3.8) is 0 Å². The Balaban J connectivity index is 2.10. The molecule has 0 atom stereocenters. The molecule has 0 amide bonds. The van der Waals surface area contributed by atoms with Crippen LogP contribution in [0.3, 0.4) is 0 Å². The van der Waals surface area contributed by atoms with Gasteiger partial charge < -0.3 is 15.2 Å². The number of nitrogen functional groups attached to an aromatic ring is 1. The second-order valence-electron chi connectivity index (χ2n) is 4.79. The number of carbonyl (C=O) groups is 1. The van der Waals surface area contributed by atoms with Gasteiger partial charge in [0.1, 0.15) is 17.1 Å². The molecule has 0 fully saturated rings. The number of rotatable bonds is 3. The van der Waals surface area contributed by atoms with Crippen molar-refractivity contribution in [2.75, 3.05) is 12.8 Å². The molecule has 22 heavy (non-hydrogen) atoms. The van der Waals surface area contributed by atoms with Crippen molar-refractivity contribution in [2.45, 2.75) is 0 Å². The Labute approximate surface area is 128 Å². The molecule has 0 saturated heterocycles. The Morgan fingerprint density at radius 2 is 1.59 bits per heavy atom. The molecule has 110 valence electrons. The van der Waals surface area contributed by atoms with Gasteiger partial charge in [-0.15, -0.1) is 0 Å². The molecule has 4 heteroatoms. The summed E-state index contributed by atoms with van der Waals surface area (Å²) in [5, 5.41) is 2.02. The third-order valence-corrected chi connectivity index (χ3v) is 3.42. The fourth-order valence-corrected chi connectivity index (χ4v) is 2.36. The third-order valence-electron chi connectivity index (χ3n) is 3.42. The largest absolute Gasteiger partial charge is 0.465 e. The minimum atomic E-state index is -0.520. The lowest BCUT2D eigenvalue weighted by molar-refractivity contribution is 0.0599. The molecule has 0 aliphatic carbocycles. The summed E-state index contributed by atoms with van der Waals surface area (Å²) in [5.74, 6) is 0.519. The standard InChI is InChI=1S/C18H15NO3/c1-21-18(20)17-14(19)9-5-11-16(17)22-15-10-4-7-12-6-2-3-8-13(12)15/h2-11H,19H2,1H3. The van der Waals surface area contributed by atoms with E-state index in [0.717, 1.165) is 10.8 Å². The van der Waals surface area contributed by atoms with Crippen LogP contribution in [0.4, 0.5) is 5.69 Å². The fourth-order valence-electron chi connectivity index (χ4n) is 2.36. The summed E-state index contributed by atoms with van der Waals surface area (Å²) in [6.45, 7) is 0. The molecule has 0 bridgehead atoms. The van der Waals surface area contributed by atoms with Crippen molar-refractivity contribution < 1.29 is 14.3 Å². The Hall–Kier alpha value is -3.01. The maximum Gasteiger partial charge on any atom is 0.343 e. The fraction of sp³-hybridized carbons (Fsp3) is 0.0556. The highest BCUT2D eigenvalue weighted by atomic mass is 16.5. The quantitative estimate of drug-likeness (QED) is 0.585. The molecule has 0 aliphatic rings. The molecule has 3 aromatic carbocycles. The van der Waals surface area contributed by atoms with Crippen molar-refractivity contribution >= 4 is 22.4 Å². The molecule has 0 aromatic heterocycles. The number of ether oxygens (including phenoxy) is 2. The Morgan fingerprint density at radius 3 is 2.41 bits per heavy atom. The summed E-state index contributed by atoms with van der Waals surface area (Å²) in [6, 6.07) is 18.7. The predicted octanol–water partition coefficient (Wildman–Crippen LogP) is 4.00. The molecule has 0 radical (unpaired) electrons. The summed E-state index contributed by atoms with van der Waals surface area (Å²) >= 11 is 0. The Bertz CT molecular complexity index is 837. The van der Waals surface area contributed by atoms with E-state index in [9.17, 15) is 4.79 Å². The first-order valence-corrected chi connectivity index (χ1v) is 6.83. The third kappa shape index (κ3) is 2.46. The van der Waals surface area contributed by atoms with Crippen LogP contribution < -0.4 is 10.5 Å². The van der Waals surface area contributed by atoms with E-state index in [4.69, 9.17) is 15.2 Å². The van der Waals surface area contributed by atoms with Crippen LogP contribution in [-0.4, -0.2) is 13.1 Å². The minimum Gasteiger partial charge on any atom is -0.465 e. The van der Waals surface area contributed by atoms with Gasteiger partial charge in [-0.3, -0.25) is 0 Å². The molecule has 0 spiro atoms. The van der Waals surface area contributed by atoms with Gasteiger partial charge in [0.05, 0.1) is 7.11 Å². The zero-order valence-corrected chi connectivity index (χ0v) is 12.1. The number of fused-ring (bicyclic) bond motifs is 1. The van der Waals surface area contributed by atoms with Crippen LogP contribution in [0, 0.1) is 0 Å². The number of hydrogen-bond acceptors (Lipinski definition) is 4. The smallest absolute Gasteiger partial charge is 0.343 e. The summed E-state index contributed by atoms with van der Waals surface area (Å²) < 4.78 is 10.7. The number of hydrogen-bond donors (Lipinski definition) is 1. The van der Waals surface area contributed by atoms with Crippen LogP contribution in [0.2, 0.25) is 0 Å². The SMILES string of the molecule is COC(=O)c1c(N)cccc1Oc1cccc2ccccc12. The minimum absolute atomic E-state index is 0.234. The molecule has 0 saturated carbocycles. The van der Waals surface area contributed by atoms with E-state index >= 15 is 0 Å². The maximum absolute atomic E-state index is 11.9. The van der Waals surface area contributed by atoms with Gasteiger partial charge in [0.25, 0.3) is 0 Å². The van der Waals surface area contributed by atoms with Crippen LogP contribution in [0.15, 0.2) is 60.7 Å². The average Bonchev–Trinajstić information content (AvgIpc) is 2.55. The van der Waals surface area contributed by atoms with Crippen LogP contribution in [0.5, 0.6) is 11.5 Å². The molecular formula is C18H15NO3. The molecule has 4 nitrogen and oxygen atoms in total. The molecule has 0 heterocycles. The van der Waals surface area contributed by atoms with Crippen molar-refractivity contribution in [3.05, 3.63) is 66.2 Å². The lowest BCUT2D eigenvalue weighted by atomic mass is 10.1. The van der Waals surface area contributed by atoms with E-state index in [1.807, 2.05) is 42.5 Å². The van der Waals surface area contributed by atoms with E-state index in [1.165, 1.54) is 7.11 Å². The molecular weight excluding hydrogens is 278 g/mol. The summed E-state index contributed by atoms with van der Waals surface area (Å²) in [6.07, 6.45) is 0. The number of carbonyl (C=O) groups excluding carboxylic acids is 1. The second kappa shape index (κ2) is 5.77. The molecule has 0 aliphatic heterocycles. The Morgan fingerprint density at radius 1 is 0.909 bits per heavy atom. The average molecular weight is 293 g/mol. The van der Waals surface area contributed by atoms with E-state index < -0.39 is 5.97 Å². The summed E-state index contributed by atoms with van der Waals surface area (Å²) in [5.41, 5.74) is 6.44. The summed E-state index contributed by atoms with van der Waals surface area (Å²) in [4.78, 5) is 11.9. The molecule has 0 unspecified atom stereocenters. The molecule has 3 rings (SSSR count). The number of benzene rings is 3. The van der Waals surface area contributed by atoms with Gasteiger partial charge in [-0.1, -0.05) is 42.5 Å². The zero-order valence-electron chi connectivity index (χ0n) is 12.1. The van der Waals surface area contributed by atoms with Crippen molar-refractivity contribution in [2.24, 2.45) is 0 Å². The first kappa shape index (κ1) is 13.9. The second-order valence-corrected chi connectivity index (χ2v) is 4.79. The van der Waals surface area contributed by atoms with E-state index in [-0.39, 0.29) is 5.56 Å². The van der Waals surface area contributed by atoms with Crippen LogP contribution in [-0.2, 0) is 4.74 Å². The van der Waals surface area contributed by atoms with E-state index in [0.29, 0.717) is 17.2 Å². The van der Waals surface area contributed by atoms with Crippen LogP contribution >= 0.6 is 0 Å². The Kier molecular flexibility index (Phi) is 3.66. The lowest BCUT2D eigenvalue weighted by Crippen LogP contribution is -2.07. The highest BCUT2D eigenvalue weighted by Crippen LogP contribution is 2.33. The predicted molar refractivity (Wildman–Crippen MR) is 86.2 cm³/mol. The number of anilines is 1. The van der Waals surface area contributed by atoms with Gasteiger partial charge in [0, 0.05) is 11.1 Å². The van der Waals surface area contributed by atoms with Crippen molar-refractivity contribution in [3.8, 4) is 11.5 Å². The highest BCUT2D eigenvalue weighted by molar-refractivity contribution is 5.98. The monoisotopic (exact) mass is 293 g/mol. The van der Waals surface area contributed by atoms with Gasteiger partial charge in [0.2, 0.25) is 0 Å². The molecule has 2 N–H and O–H groups in total. The lowest BCUT2D eigenvalue weighted by Gasteiger charge is -2.13. The maximum atomic E-state index is 11.9. The normalized spacial score (nSPS) is 10.4. The first-order chi connectivity index (χ1) is 10.7. The zero-order chi connectivity index (χ0) is 15.5. The van der Waals surface area contributed by atoms with Crippen LogP contribution in [0.25, 0.3) is 10.8 Å². The van der Waals surface area contributed by atoms with Crippen molar-refractivity contribution in [1.29, 1.82) is 0 Å². The number of methoxy groups -OCH3 is 1. The van der Waals surface area contributed by atoms with E-state index in [1.54, 1.807) is 18.2 Å². The van der Waals surface area contributed by atoms with Gasteiger partial charge in [-0.2, -0.15) is 0 Å². The van der Waals surface area contributed by atoms with Crippen molar-refractivity contribution in [1.82, 2.24) is 0 Å². The van der Waals surface area contributed by atoms with E-state index in [2.05, 4.69) is 0 Å². The van der Waals surface area contributed by atoms with Gasteiger partial charge in [0.15, 0.2) is 0 Å². The topological polar surface area (TPSA) is 61.5 Å². The van der Waals surface area contributed by atoms with Gasteiger partial charge >= 0.3 is 5.97 Å². The first-order valence-electron chi connectivity index (χ1n) is 6.83. The van der Waals surface area contributed by atoms with Gasteiger partial charge in [-0.05, 0) is 23.6 Å². The van der Waals surface area contributed by atoms with Crippen LogP contribution in [0.1, 0.15) is 10.4 Å². The van der Waals surface area contributed by atoms with Gasteiger partial charge in [-0.25, -0.2) is 4.79 Å².